The maximum Gasteiger partial charge on any atom is 0.271 e. The van der Waals surface area contributed by atoms with E-state index in [1.165, 1.54) is 38.1 Å². The summed E-state index contributed by atoms with van der Waals surface area (Å²) in [5.41, 5.74) is -0.929. The van der Waals surface area contributed by atoms with E-state index in [1.807, 2.05) is 13.0 Å². The van der Waals surface area contributed by atoms with Crippen molar-refractivity contribution in [3.05, 3.63) is 57.1 Å². The van der Waals surface area contributed by atoms with Crippen LogP contribution in [0.1, 0.15) is 41.8 Å². The van der Waals surface area contributed by atoms with Gasteiger partial charge in [0.05, 0.1) is 5.56 Å². The van der Waals surface area contributed by atoms with Crippen LogP contribution in [-0.2, 0) is 11.3 Å². The Bertz CT molecular complexity index is 977. The van der Waals surface area contributed by atoms with Crippen LogP contribution in [0.25, 0.3) is 0 Å². The number of aromatic hydroxyl groups is 1. The van der Waals surface area contributed by atoms with Gasteiger partial charge in [0.2, 0.25) is 11.7 Å². The van der Waals surface area contributed by atoms with E-state index in [0.717, 1.165) is 4.57 Å². The molecule has 1 atom stereocenters. The van der Waals surface area contributed by atoms with Gasteiger partial charge in [0.25, 0.3) is 5.56 Å². The van der Waals surface area contributed by atoms with E-state index >= 15 is 0 Å². The molecule has 0 spiro atoms. The fourth-order valence-electron chi connectivity index (χ4n) is 2.90. The third kappa shape index (κ3) is 5.00. The van der Waals surface area contributed by atoms with Crippen LogP contribution in [0.3, 0.4) is 0 Å². The minimum absolute atomic E-state index is 0.0904. The molecule has 1 heterocycles. The number of hydrogen-bond donors (Lipinski definition) is 1. The molecule has 0 aliphatic rings. The maximum atomic E-state index is 13.0. The second-order valence-electron chi connectivity index (χ2n) is 6.40. The second-order valence-corrected chi connectivity index (χ2v) is 6.40. The van der Waals surface area contributed by atoms with Gasteiger partial charge in [-0.2, -0.15) is 5.26 Å². The molecule has 0 saturated heterocycles. The minimum atomic E-state index is -1.04. The van der Waals surface area contributed by atoms with E-state index in [9.17, 15) is 24.3 Å². The second kappa shape index (κ2) is 9.85. The van der Waals surface area contributed by atoms with Crippen molar-refractivity contribution in [2.24, 2.45) is 0 Å². The van der Waals surface area contributed by atoms with Crippen molar-refractivity contribution in [2.75, 3.05) is 13.2 Å². The van der Waals surface area contributed by atoms with Gasteiger partial charge in [0, 0.05) is 19.8 Å². The molecule has 0 saturated carbocycles. The normalized spacial score (nSPS) is 11.7. The van der Waals surface area contributed by atoms with Crippen molar-refractivity contribution < 1.29 is 23.8 Å². The van der Waals surface area contributed by atoms with Crippen molar-refractivity contribution in [1.82, 2.24) is 4.57 Å². The van der Waals surface area contributed by atoms with E-state index < -0.39 is 29.1 Å². The molecular formula is C21H23FN2O5. The molecule has 0 fully saturated rings. The summed E-state index contributed by atoms with van der Waals surface area (Å²) in [6.07, 6.45) is -0.615. The van der Waals surface area contributed by atoms with Gasteiger partial charge >= 0.3 is 0 Å². The summed E-state index contributed by atoms with van der Waals surface area (Å²) in [5, 5.41) is 20.0. The Morgan fingerprint density at radius 1 is 1.34 bits per heavy atom. The lowest BCUT2D eigenvalue weighted by atomic mass is 9.99. The van der Waals surface area contributed by atoms with Crippen LogP contribution < -0.4 is 10.3 Å². The molecule has 0 radical (unpaired) electrons. The molecule has 29 heavy (non-hydrogen) atoms. The van der Waals surface area contributed by atoms with E-state index in [-0.39, 0.29) is 29.0 Å². The van der Waals surface area contributed by atoms with Crippen molar-refractivity contribution in [3.8, 4) is 17.7 Å². The first-order valence-corrected chi connectivity index (χ1v) is 9.22. The van der Waals surface area contributed by atoms with Gasteiger partial charge in [-0.1, -0.05) is 0 Å². The summed E-state index contributed by atoms with van der Waals surface area (Å²) in [4.78, 5) is 25.5. The molecule has 0 bridgehead atoms. The lowest BCUT2D eigenvalue weighted by Crippen LogP contribution is -2.31. The number of carbonyl (C=O) groups is 1. The molecule has 0 aliphatic carbocycles. The highest BCUT2D eigenvalue weighted by Crippen LogP contribution is 2.25. The number of pyridine rings is 1. The predicted molar refractivity (Wildman–Crippen MR) is 104 cm³/mol. The summed E-state index contributed by atoms with van der Waals surface area (Å²) in [6, 6.07) is 6.96. The zero-order valence-corrected chi connectivity index (χ0v) is 16.6. The minimum Gasteiger partial charge on any atom is -0.494 e. The third-order valence-electron chi connectivity index (χ3n) is 4.42. The van der Waals surface area contributed by atoms with Crippen LogP contribution in [-0.4, -0.2) is 34.8 Å². The molecule has 1 aromatic carbocycles. The number of carbonyl (C=O) groups excluding carboxylic acids is 1. The molecule has 1 aromatic heterocycles. The number of nitrogens with zero attached hydrogens (tertiary/aromatic N) is 2. The Balaban J connectivity index is 2.39. The molecular weight excluding hydrogens is 379 g/mol. The first kappa shape index (κ1) is 22.1. The van der Waals surface area contributed by atoms with Gasteiger partial charge < -0.3 is 14.6 Å². The number of benzene rings is 1. The van der Waals surface area contributed by atoms with E-state index in [1.54, 1.807) is 0 Å². The van der Waals surface area contributed by atoms with E-state index in [4.69, 9.17) is 9.47 Å². The number of ether oxygens (including phenoxy) is 2. The molecule has 154 valence electrons. The number of Topliss-reactive ketones (excluding diaryl/α,β-unsaturated/α-hetero) is 1. The zero-order chi connectivity index (χ0) is 21.6. The average Bonchev–Trinajstić information content (AvgIpc) is 2.69. The van der Waals surface area contributed by atoms with Crippen LogP contribution in [0, 0.1) is 24.1 Å². The lowest BCUT2D eigenvalue weighted by molar-refractivity contribution is 0.0812. The molecule has 2 rings (SSSR count). The highest BCUT2D eigenvalue weighted by atomic mass is 19.1. The van der Waals surface area contributed by atoms with Gasteiger partial charge in [-0.3, -0.25) is 14.2 Å². The van der Waals surface area contributed by atoms with Crippen molar-refractivity contribution in [1.29, 1.82) is 5.26 Å². The highest BCUT2D eigenvalue weighted by Gasteiger charge is 2.28. The maximum absolute atomic E-state index is 13.0. The summed E-state index contributed by atoms with van der Waals surface area (Å²) in [7, 11) is 0. The van der Waals surface area contributed by atoms with Gasteiger partial charge in [-0.05, 0) is 57.0 Å². The summed E-state index contributed by atoms with van der Waals surface area (Å²) in [5.74, 6) is -1.28. The number of rotatable bonds is 9. The standard InChI is InChI=1S/C21H23FN2O5/c1-4-28-11-5-10-24-20(26)17(12-23)13(2)18(21(24)27)19(25)14(3)29-16-8-6-15(22)7-9-16/h6-9,14,27H,4-5,10-11H2,1-3H3. The van der Waals surface area contributed by atoms with Gasteiger partial charge in [0.1, 0.15) is 23.2 Å². The first-order chi connectivity index (χ1) is 13.8. The molecule has 1 N–H and O–H groups in total. The number of aromatic nitrogens is 1. The van der Waals surface area contributed by atoms with Crippen LogP contribution in [0.5, 0.6) is 11.6 Å². The monoisotopic (exact) mass is 402 g/mol. The Kier molecular flexibility index (Phi) is 7.51. The van der Waals surface area contributed by atoms with Gasteiger partial charge in [-0.25, -0.2) is 4.39 Å². The topological polar surface area (TPSA) is 102 Å². The Morgan fingerprint density at radius 2 is 2.00 bits per heavy atom. The van der Waals surface area contributed by atoms with Crippen molar-refractivity contribution in [3.63, 3.8) is 0 Å². The molecule has 8 heteroatoms. The van der Waals surface area contributed by atoms with Gasteiger partial charge in [0.15, 0.2) is 6.10 Å². The number of nitriles is 1. The van der Waals surface area contributed by atoms with Gasteiger partial charge in [-0.15, -0.1) is 0 Å². The summed E-state index contributed by atoms with van der Waals surface area (Å²) < 4.78 is 24.8. The third-order valence-corrected chi connectivity index (χ3v) is 4.42. The predicted octanol–water partition coefficient (Wildman–Crippen LogP) is 2.95. The molecule has 7 nitrogen and oxygen atoms in total. The lowest BCUT2D eigenvalue weighted by Gasteiger charge is -2.19. The van der Waals surface area contributed by atoms with Crippen LogP contribution in [0.4, 0.5) is 4.39 Å². The first-order valence-electron chi connectivity index (χ1n) is 9.22. The van der Waals surface area contributed by atoms with Crippen LogP contribution in [0.15, 0.2) is 29.1 Å². The SMILES string of the molecule is CCOCCCn1c(O)c(C(=O)C(C)Oc2ccc(F)cc2)c(C)c(C#N)c1=O. The summed E-state index contributed by atoms with van der Waals surface area (Å²) in [6.45, 7) is 5.71. The Hall–Kier alpha value is -3.18. The fraction of sp³-hybridized carbons (Fsp3) is 0.381. The van der Waals surface area contributed by atoms with Crippen molar-refractivity contribution in [2.45, 2.75) is 39.8 Å². The smallest absolute Gasteiger partial charge is 0.271 e. The number of hydrogen-bond acceptors (Lipinski definition) is 6. The molecule has 1 unspecified atom stereocenters. The Morgan fingerprint density at radius 3 is 2.59 bits per heavy atom. The van der Waals surface area contributed by atoms with Crippen LogP contribution in [0.2, 0.25) is 0 Å². The van der Waals surface area contributed by atoms with Crippen LogP contribution >= 0.6 is 0 Å². The molecule has 0 amide bonds. The fourth-order valence-corrected chi connectivity index (χ4v) is 2.90. The summed E-state index contributed by atoms with van der Waals surface area (Å²) >= 11 is 0. The Labute approximate surface area is 167 Å². The number of ketones is 1. The molecule has 2 aromatic rings. The highest BCUT2D eigenvalue weighted by molar-refractivity contribution is 6.03. The average molecular weight is 402 g/mol. The van der Waals surface area contributed by atoms with Crippen molar-refractivity contribution >= 4 is 5.78 Å². The van der Waals surface area contributed by atoms with E-state index in [0.29, 0.717) is 19.6 Å². The zero-order valence-electron chi connectivity index (χ0n) is 16.6. The quantitative estimate of drug-likeness (QED) is 0.511. The largest absolute Gasteiger partial charge is 0.494 e. The number of halogens is 1. The van der Waals surface area contributed by atoms with E-state index in [2.05, 4.69) is 0 Å². The molecule has 0 aliphatic heterocycles.